The number of nitrogens with zero attached hydrogens (tertiary/aromatic N) is 2. The normalized spacial score (nSPS) is 22.1. The molecule has 1 saturated heterocycles. The Kier molecular flexibility index (Phi) is 4.47. The van der Waals surface area contributed by atoms with Crippen LogP contribution in [0.4, 0.5) is 0 Å². The first-order chi connectivity index (χ1) is 7.29. The molecule has 4 nitrogen and oxygen atoms in total. The first-order valence-electron chi connectivity index (χ1n) is 5.99. The fraction of sp³-hybridized carbons (Fsp3) is 0.917. The van der Waals surface area contributed by atoms with Gasteiger partial charge in [-0.3, -0.25) is 14.6 Å². The maximum absolute atomic E-state index is 11.3. The van der Waals surface area contributed by atoms with E-state index in [0.29, 0.717) is 6.54 Å². The number of rotatable bonds is 4. The van der Waals surface area contributed by atoms with Gasteiger partial charge in [-0.15, -0.1) is 0 Å². The summed E-state index contributed by atoms with van der Waals surface area (Å²) in [6, 6.07) is 0.0317. The highest BCUT2D eigenvalue weighted by molar-refractivity contribution is 5.80. The number of carbonyl (C=O) groups is 1. The number of aliphatic hydroxyl groups is 1. The van der Waals surface area contributed by atoms with Gasteiger partial charge in [0.25, 0.3) is 0 Å². The molecule has 1 atom stereocenters. The average Bonchev–Trinajstić information content (AvgIpc) is 2.15. The summed E-state index contributed by atoms with van der Waals surface area (Å²) in [5.74, 6) is 0.232. The Labute approximate surface area is 98.2 Å². The van der Waals surface area contributed by atoms with E-state index in [1.807, 2.05) is 20.8 Å². The highest BCUT2D eigenvalue weighted by Gasteiger charge is 2.26. The molecule has 0 saturated carbocycles. The van der Waals surface area contributed by atoms with Crippen molar-refractivity contribution in [3.8, 4) is 0 Å². The second-order valence-corrected chi connectivity index (χ2v) is 5.41. The monoisotopic (exact) mass is 228 g/mol. The Bertz CT molecular complexity index is 240. The van der Waals surface area contributed by atoms with Gasteiger partial charge in [-0.05, 0) is 27.7 Å². The van der Waals surface area contributed by atoms with Crippen molar-refractivity contribution in [2.75, 3.05) is 32.7 Å². The lowest BCUT2D eigenvalue weighted by atomic mass is 10.1. The minimum atomic E-state index is -0.631. The van der Waals surface area contributed by atoms with E-state index in [4.69, 9.17) is 0 Å². The van der Waals surface area contributed by atoms with Crippen LogP contribution in [0.2, 0.25) is 0 Å². The zero-order valence-corrected chi connectivity index (χ0v) is 10.9. The van der Waals surface area contributed by atoms with Crippen molar-refractivity contribution in [1.82, 2.24) is 9.80 Å². The number of piperazine rings is 1. The summed E-state index contributed by atoms with van der Waals surface area (Å²) in [5, 5.41) is 9.72. The van der Waals surface area contributed by atoms with Crippen LogP contribution in [0.25, 0.3) is 0 Å². The van der Waals surface area contributed by atoms with E-state index in [9.17, 15) is 9.90 Å². The van der Waals surface area contributed by atoms with Crippen LogP contribution in [-0.2, 0) is 4.79 Å². The van der Waals surface area contributed by atoms with Crippen molar-refractivity contribution in [3.63, 3.8) is 0 Å². The molecule has 0 spiro atoms. The summed E-state index contributed by atoms with van der Waals surface area (Å²) in [6.45, 7) is 11.7. The first-order valence-corrected chi connectivity index (χ1v) is 5.99. The molecule has 16 heavy (non-hydrogen) atoms. The lowest BCUT2D eigenvalue weighted by Gasteiger charge is -2.39. The molecule has 1 aliphatic rings. The van der Waals surface area contributed by atoms with E-state index in [1.54, 1.807) is 6.92 Å². The third kappa shape index (κ3) is 4.20. The van der Waals surface area contributed by atoms with Gasteiger partial charge in [-0.25, -0.2) is 0 Å². The standard InChI is InChI=1S/C12H24N2O2/c1-10(11(2)15)14-7-5-13(6-8-14)9-12(3,4)16/h10,16H,5-9H2,1-4H3. The first kappa shape index (κ1) is 13.6. The summed E-state index contributed by atoms with van der Waals surface area (Å²) >= 11 is 0. The van der Waals surface area contributed by atoms with Crippen molar-refractivity contribution >= 4 is 5.78 Å². The summed E-state index contributed by atoms with van der Waals surface area (Å²) in [7, 11) is 0. The number of β-amino-alcohol motifs (C(OH)–C–C–N with tert-alkyl or cyclic N) is 1. The summed E-state index contributed by atoms with van der Waals surface area (Å²) in [4.78, 5) is 15.7. The van der Waals surface area contributed by atoms with Gasteiger partial charge in [-0.2, -0.15) is 0 Å². The van der Waals surface area contributed by atoms with Gasteiger partial charge in [0.15, 0.2) is 0 Å². The Morgan fingerprint density at radius 3 is 2.19 bits per heavy atom. The number of hydrogen-bond acceptors (Lipinski definition) is 4. The van der Waals surface area contributed by atoms with Gasteiger partial charge in [0.05, 0.1) is 11.6 Å². The second-order valence-electron chi connectivity index (χ2n) is 5.41. The molecule has 0 bridgehead atoms. The second kappa shape index (κ2) is 5.25. The third-order valence-electron chi connectivity index (χ3n) is 3.15. The molecule has 0 radical (unpaired) electrons. The lowest BCUT2D eigenvalue weighted by molar-refractivity contribution is -0.122. The van der Waals surface area contributed by atoms with Crippen molar-refractivity contribution in [3.05, 3.63) is 0 Å². The van der Waals surface area contributed by atoms with Crippen LogP contribution in [0.3, 0.4) is 0 Å². The van der Waals surface area contributed by atoms with Crippen LogP contribution in [0.1, 0.15) is 27.7 Å². The molecule has 0 amide bonds. The molecule has 1 heterocycles. The van der Waals surface area contributed by atoms with Crippen molar-refractivity contribution in [1.29, 1.82) is 0 Å². The van der Waals surface area contributed by atoms with Crippen LogP contribution < -0.4 is 0 Å². The average molecular weight is 228 g/mol. The molecule has 94 valence electrons. The fourth-order valence-corrected chi connectivity index (χ4v) is 2.11. The number of carbonyl (C=O) groups excluding carboxylic acids is 1. The van der Waals surface area contributed by atoms with E-state index in [0.717, 1.165) is 26.2 Å². The topological polar surface area (TPSA) is 43.8 Å². The largest absolute Gasteiger partial charge is 0.389 e. The molecule has 1 N–H and O–H groups in total. The molecule has 1 unspecified atom stereocenters. The Hall–Kier alpha value is -0.450. The number of Topliss-reactive ketones (excluding diaryl/α,β-unsaturated/α-hetero) is 1. The molecular formula is C12H24N2O2. The van der Waals surface area contributed by atoms with Gasteiger partial charge < -0.3 is 5.11 Å². The highest BCUT2D eigenvalue weighted by atomic mass is 16.3. The lowest BCUT2D eigenvalue weighted by Crippen LogP contribution is -2.53. The maximum atomic E-state index is 11.3. The Balaban J connectivity index is 2.37. The molecule has 4 heteroatoms. The zero-order chi connectivity index (χ0) is 12.3. The van der Waals surface area contributed by atoms with Crippen LogP contribution >= 0.6 is 0 Å². The molecule has 1 aliphatic heterocycles. The van der Waals surface area contributed by atoms with Crippen molar-refractivity contribution in [2.45, 2.75) is 39.3 Å². The molecule has 0 aliphatic carbocycles. The highest BCUT2D eigenvalue weighted by Crippen LogP contribution is 2.10. The predicted octanol–water partition coefficient (Wildman–Crippen LogP) is 0.352. The third-order valence-corrected chi connectivity index (χ3v) is 3.15. The predicted molar refractivity (Wildman–Crippen MR) is 64.5 cm³/mol. The molecule has 1 rings (SSSR count). The van der Waals surface area contributed by atoms with Crippen LogP contribution in [0.5, 0.6) is 0 Å². The number of hydrogen-bond donors (Lipinski definition) is 1. The van der Waals surface area contributed by atoms with Crippen LogP contribution in [0, 0.1) is 0 Å². The zero-order valence-electron chi connectivity index (χ0n) is 10.9. The smallest absolute Gasteiger partial charge is 0.146 e. The summed E-state index contributed by atoms with van der Waals surface area (Å²) in [6.07, 6.45) is 0. The van der Waals surface area contributed by atoms with E-state index < -0.39 is 5.60 Å². The van der Waals surface area contributed by atoms with E-state index in [-0.39, 0.29) is 11.8 Å². The summed E-state index contributed by atoms with van der Waals surface area (Å²) in [5.41, 5.74) is -0.631. The van der Waals surface area contributed by atoms with Gasteiger partial charge in [0.2, 0.25) is 0 Å². The van der Waals surface area contributed by atoms with E-state index >= 15 is 0 Å². The molecule has 0 aromatic rings. The minimum Gasteiger partial charge on any atom is -0.389 e. The van der Waals surface area contributed by atoms with Crippen LogP contribution in [-0.4, -0.2) is 65.1 Å². The van der Waals surface area contributed by atoms with Gasteiger partial charge in [0, 0.05) is 32.7 Å². The molecule has 0 aromatic heterocycles. The van der Waals surface area contributed by atoms with E-state index in [2.05, 4.69) is 9.80 Å². The van der Waals surface area contributed by atoms with Gasteiger partial charge in [0.1, 0.15) is 5.78 Å². The maximum Gasteiger partial charge on any atom is 0.146 e. The molecular weight excluding hydrogens is 204 g/mol. The van der Waals surface area contributed by atoms with Gasteiger partial charge in [-0.1, -0.05) is 0 Å². The summed E-state index contributed by atoms with van der Waals surface area (Å²) < 4.78 is 0. The quantitative estimate of drug-likeness (QED) is 0.754. The van der Waals surface area contributed by atoms with Crippen LogP contribution in [0.15, 0.2) is 0 Å². The minimum absolute atomic E-state index is 0.0317. The van der Waals surface area contributed by atoms with Crippen molar-refractivity contribution in [2.24, 2.45) is 0 Å². The number of ketones is 1. The fourth-order valence-electron chi connectivity index (χ4n) is 2.11. The van der Waals surface area contributed by atoms with Gasteiger partial charge >= 0.3 is 0 Å². The van der Waals surface area contributed by atoms with Crippen molar-refractivity contribution < 1.29 is 9.90 Å². The van der Waals surface area contributed by atoms with E-state index in [1.165, 1.54) is 0 Å². The SMILES string of the molecule is CC(=O)C(C)N1CCN(CC(C)(C)O)CC1. The molecule has 1 fully saturated rings. The molecule has 0 aromatic carbocycles. The Morgan fingerprint density at radius 1 is 1.31 bits per heavy atom. The Morgan fingerprint density at radius 2 is 1.81 bits per heavy atom.